The molecule has 3 aliphatic rings. The molecule has 2 bridgehead atoms. The zero-order chi connectivity index (χ0) is 12.5. The first-order valence-electron chi connectivity index (χ1n) is 6.17. The Morgan fingerprint density at radius 2 is 2.22 bits per heavy atom. The molecule has 6 heteroatoms. The summed E-state index contributed by atoms with van der Waals surface area (Å²) in [5.74, 6) is 0.798. The van der Waals surface area contributed by atoms with Crippen LogP contribution in [0.5, 0.6) is 5.95 Å². The second-order valence-electron chi connectivity index (χ2n) is 4.84. The molecule has 0 spiro atoms. The third kappa shape index (κ3) is 2.54. The number of piperidine rings is 3. The van der Waals surface area contributed by atoms with Crippen molar-refractivity contribution in [2.45, 2.75) is 18.9 Å². The molecule has 5 nitrogen and oxygen atoms in total. The first kappa shape index (κ1) is 12.0. The van der Waals surface area contributed by atoms with Gasteiger partial charge in [-0.05, 0) is 53.8 Å². The zero-order valence-electron chi connectivity index (χ0n) is 9.89. The maximum Gasteiger partial charge on any atom is 0.415 e. The Bertz CT molecular complexity index is 440. The zero-order valence-corrected chi connectivity index (χ0v) is 11.5. The summed E-state index contributed by atoms with van der Waals surface area (Å²) in [7, 11) is 0. The third-order valence-electron chi connectivity index (χ3n) is 3.70. The third-order valence-corrected chi connectivity index (χ3v) is 4.13. The van der Waals surface area contributed by atoms with Gasteiger partial charge in [0, 0.05) is 18.7 Å². The lowest BCUT2D eigenvalue weighted by molar-refractivity contribution is 0.0714. The highest BCUT2D eigenvalue weighted by Gasteiger charge is 2.35. The summed E-state index contributed by atoms with van der Waals surface area (Å²) in [5, 5.41) is 2.93. The van der Waals surface area contributed by atoms with Gasteiger partial charge >= 0.3 is 6.09 Å². The number of furan rings is 1. The first-order valence-corrected chi connectivity index (χ1v) is 6.96. The standard InChI is InChI=1S/C12H15BrN2O3/c13-10-1-2-11(17-10)18-12(16)14-9-7-15-5-3-8(9)4-6-15/h1-2,8-9H,3-7H2,(H,14,16). The fourth-order valence-electron chi connectivity index (χ4n) is 2.75. The van der Waals surface area contributed by atoms with E-state index in [0.29, 0.717) is 10.6 Å². The van der Waals surface area contributed by atoms with E-state index in [1.165, 1.54) is 0 Å². The molecule has 0 saturated carbocycles. The van der Waals surface area contributed by atoms with Crippen molar-refractivity contribution in [3.05, 3.63) is 16.8 Å². The summed E-state index contributed by atoms with van der Waals surface area (Å²) in [6, 6.07) is 3.51. The van der Waals surface area contributed by atoms with Crippen LogP contribution in [-0.2, 0) is 0 Å². The molecule has 3 aliphatic heterocycles. The number of ether oxygens (including phenoxy) is 1. The van der Waals surface area contributed by atoms with Crippen LogP contribution in [0.2, 0.25) is 0 Å². The van der Waals surface area contributed by atoms with Crippen LogP contribution in [-0.4, -0.2) is 36.7 Å². The molecule has 1 unspecified atom stereocenters. The van der Waals surface area contributed by atoms with Gasteiger partial charge in [-0.15, -0.1) is 0 Å². The number of nitrogens with one attached hydrogen (secondary N) is 1. The number of rotatable bonds is 2. The molecular weight excluding hydrogens is 300 g/mol. The topological polar surface area (TPSA) is 54.7 Å². The minimum Gasteiger partial charge on any atom is -0.418 e. The molecule has 18 heavy (non-hydrogen) atoms. The SMILES string of the molecule is O=C(NC1CN2CCC1CC2)Oc1ccc(Br)o1. The number of amides is 1. The Morgan fingerprint density at radius 1 is 1.44 bits per heavy atom. The minimum atomic E-state index is -0.435. The van der Waals surface area contributed by atoms with Crippen LogP contribution < -0.4 is 10.1 Å². The van der Waals surface area contributed by atoms with E-state index in [4.69, 9.17) is 9.15 Å². The van der Waals surface area contributed by atoms with Crippen molar-refractivity contribution in [3.8, 4) is 5.95 Å². The second-order valence-corrected chi connectivity index (χ2v) is 5.62. The average molecular weight is 315 g/mol. The smallest absolute Gasteiger partial charge is 0.415 e. The highest BCUT2D eigenvalue weighted by atomic mass is 79.9. The molecule has 4 rings (SSSR count). The summed E-state index contributed by atoms with van der Waals surface area (Å²) in [6.45, 7) is 3.24. The van der Waals surface area contributed by atoms with Crippen molar-refractivity contribution in [2.75, 3.05) is 19.6 Å². The Morgan fingerprint density at radius 3 is 2.78 bits per heavy atom. The van der Waals surface area contributed by atoms with Crippen molar-refractivity contribution in [3.63, 3.8) is 0 Å². The number of hydrogen-bond acceptors (Lipinski definition) is 4. The number of halogens is 1. The summed E-state index contributed by atoms with van der Waals surface area (Å²) in [5.41, 5.74) is 0. The van der Waals surface area contributed by atoms with E-state index in [2.05, 4.69) is 26.1 Å². The van der Waals surface area contributed by atoms with Gasteiger partial charge in [0.15, 0.2) is 4.67 Å². The van der Waals surface area contributed by atoms with Crippen LogP contribution >= 0.6 is 15.9 Å². The normalized spacial score (nSPS) is 30.2. The van der Waals surface area contributed by atoms with Crippen LogP contribution in [0.4, 0.5) is 4.79 Å². The average Bonchev–Trinajstić information content (AvgIpc) is 2.76. The van der Waals surface area contributed by atoms with Gasteiger partial charge in [-0.2, -0.15) is 0 Å². The fourth-order valence-corrected chi connectivity index (χ4v) is 3.05. The van der Waals surface area contributed by atoms with Crippen molar-refractivity contribution in [1.82, 2.24) is 10.2 Å². The lowest BCUT2D eigenvalue weighted by Crippen LogP contribution is -2.57. The molecule has 1 atom stereocenters. The highest BCUT2D eigenvalue weighted by Crippen LogP contribution is 2.27. The minimum absolute atomic E-state index is 0.207. The predicted octanol–water partition coefficient (Wildman–Crippen LogP) is 2.22. The molecule has 1 amide bonds. The van der Waals surface area contributed by atoms with E-state index in [1.807, 2.05) is 0 Å². The van der Waals surface area contributed by atoms with Crippen molar-refractivity contribution >= 4 is 22.0 Å². The molecule has 4 heterocycles. The maximum atomic E-state index is 11.7. The number of nitrogens with zero attached hydrogens (tertiary/aromatic N) is 1. The van der Waals surface area contributed by atoms with Gasteiger partial charge in [-0.1, -0.05) is 0 Å². The summed E-state index contributed by atoms with van der Waals surface area (Å²) in [4.78, 5) is 14.1. The lowest BCUT2D eigenvalue weighted by atomic mass is 9.84. The van der Waals surface area contributed by atoms with E-state index in [1.54, 1.807) is 12.1 Å². The van der Waals surface area contributed by atoms with E-state index in [-0.39, 0.29) is 12.0 Å². The lowest BCUT2D eigenvalue weighted by Gasteiger charge is -2.44. The number of fused-ring (bicyclic) bond motifs is 3. The van der Waals surface area contributed by atoms with Gasteiger partial charge in [0.1, 0.15) is 0 Å². The van der Waals surface area contributed by atoms with Crippen LogP contribution in [0.1, 0.15) is 12.8 Å². The monoisotopic (exact) mass is 314 g/mol. The highest BCUT2D eigenvalue weighted by molar-refractivity contribution is 9.10. The van der Waals surface area contributed by atoms with E-state index in [9.17, 15) is 4.79 Å². The molecule has 1 aromatic heterocycles. The van der Waals surface area contributed by atoms with Crippen LogP contribution in [0.15, 0.2) is 21.2 Å². The van der Waals surface area contributed by atoms with Crippen molar-refractivity contribution in [2.24, 2.45) is 5.92 Å². The van der Waals surface area contributed by atoms with Gasteiger partial charge in [-0.3, -0.25) is 0 Å². The van der Waals surface area contributed by atoms with Gasteiger partial charge in [0.2, 0.25) is 0 Å². The van der Waals surface area contributed by atoms with Gasteiger partial charge < -0.3 is 19.4 Å². The Labute approximate surface area is 114 Å². The van der Waals surface area contributed by atoms with Gasteiger partial charge in [0.05, 0.1) is 0 Å². The molecule has 0 aromatic carbocycles. The van der Waals surface area contributed by atoms with Crippen molar-refractivity contribution < 1.29 is 13.9 Å². The molecule has 0 radical (unpaired) electrons. The number of hydrogen-bond donors (Lipinski definition) is 1. The first-order chi connectivity index (χ1) is 8.70. The molecular formula is C12H15BrN2O3. The summed E-state index contributed by atoms with van der Waals surface area (Å²) in [6.07, 6.45) is 1.89. The molecule has 1 N–H and O–H groups in total. The second kappa shape index (κ2) is 4.93. The number of carbonyl (C=O) groups is 1. The van der Waals surface area contributed by atoms with E-state index >= 15 is 0 Å². The molecule has 1 aromatic rings. The quantitative estimate of drug-likeness (QED) is 0.909. The molecule has 3 saturated heterocycles. The Kier molecular flexibility index (Phi) is 3.30. The van der Waals surface area contributed by atoms with Crippen LogP contribution in [0, 0.1) is 5.92 Å². The Balaban J connectivity index is 1.55. The molecule has 0 aliphatic carbocycles. The summed E-state index contributed by atoms with van der Waals surface area (Å²) >= 11 is 3.16. The maximum absolute atomic E-state index is 11.7. The van der Waals surface area contributed by atoms with E-state index < -0.39 is 6.09 Å². The van der Waals surface area contributed by atoms with Gasteiger partial charge in [0.25, 0.3) is 5.95 Å². The Hall–Kier alpha value is -1.01. The number of carbonyl (C=O) groups excluding carboxylic acids is 1. The largest absolute Gasteiger partial charge is 0.418 e. The molecule has 3 fully saturated rings. The predicted molar refractivity (Wildman–Crippen MR) is 68.5 cm³/mol. The summed E-state index contributed by atoms with van der Waals surface area (Å²) < 4.78 is 10.8. The fraction of sp³-hybridized carbons (Fsp3) is 0.583. The van der Waals surface area contributed by atoms with Crippen molar-refractivity contribution in [1.29, 1.82) is 0 Å². The van der Waals surface area contributed by atoms with Crippen LogP contribution in [0.3, 0.4) is 0 Å². The van der Waals surface area contributed by atoms with Crippen LogP contribution in [0.25, 0.3) is 0 Å². The van der Waals surface area contributed by atoms with E-state index in [0.717, 1.165) is 32.5 Å². The van der Waals surface area contributed by atoms with Gasteiger partial charge in [-0.25, -0.2) is 4.79 Å². The molecule has 98 valence electrons.